The van der Waals surface area contributed by atoms with E-state index in [0.29, 0.717) is 21.8 Å². The lowest BCUT2D eigenvalue weighted by Crippen LogP contribution is -2.47. The highest BCUT2D eigenvalue weighted by Gasteiger charge is 2.24. The Morgan fingerprint density at radius 2 is 1.59 bits per heavy atom. The zero-order valence-corrected chi connectivity index (χ0v) is 16.2. The topological polar surface area (TPSA) is 98.5 Å². The number of para-hydroxylation sites is 1. The summed E-state index contributed by atoms with van der Waals surface area (Å²) in [5.41, 5.74) is 6.08. The smallest absolute Gasteiger partial charge is 0.253 e. The molecule has 2 aromatic carbocycles. The summed E-state index contributed by atoms with van der Waals surface area (Å²) in [5.74, 6) is -0.746. The van der Waals surface area contributed by atoms with Crippen LogP contribution in [0.5, 0.6) is 5.75 Å². The van der Waals surface area contributed by atoms with Crippen molar-refractivity contribution in [2.75, 3.05) is 7.11 Å². The highest BCUT2D eigenvalue weighted by atomic mass is 32.2. The van der Waals surface area contributed by atoms with Crippen LogP contribution in [0.2, 0.25) is 0 Å². The standard InChI is InChI=1S/C20H22N2O4S/c1-12(2)17(18(21)23)22-19(24)14-9-5-7-11-16(14)27-20(25)13-8-4-6-10-15(13)26-3/h4-12,17H,1-3H3,(H2,21,23)(H,22,24). The van der Waals surface area contributed by atoms with Gasteiger partial charge >= 0.3 is 0 Å². The second kappa shape index (κ2) is 9.23. The summed E-state index contributed by atoms with van der Waals surface area (Å²) in [5, 5.41) is 2.40. The molecule has 0 aromatic heterocycles. The SMILES string of the molecule is COc1ccccc1C(=O)Sc1ccccc1C(=O)NC(C(N)=O)C(C)C. The Hall–Kier alpha value is -2.80. The first kappa shape index (κ1) is 20.5. The molecule has 0 heterocycles. The number of hydrogen-bond donors (Lipinski definition) is 2. The van der Waals surface area contributed by atoms with Crippen molar-refractivity contribution in [3.8, 4) is 5.75 Å². The van der Waals surface area contributed by atoms with Gasteiger partial charge in [-0.05, 0) is 41.9 Å². The minimum absolute atomic E-state index is 0.151. The van der Waals surface area contributed by atoms with Gasteiger partial charge in [-0.3, -0.25) is 14.4 Å². The van der Waals surface area contributed by atoms with Gasteiger partial charge in [0.15, 0.2) is 0 Å². The average Bonchev–Trinajstić information content (AvgIpc) is 2.65. The Balaban J connectivity index is 2.26. The molecule has 0 saturated heterocycles. The largest absolute Gasteiger partial charge is 0.496 e. The fourth-order valence-corrected chi connectivity index (χ4v) is 3.39. The van der Waals surface area contributed by atoms with Crippen molar-refractivity contribution in [2.24, 2.45) is 11.7 Å². The van der Waals surface area contributed by atoms with Crippen molar-refractivity contribution in [3.63, 3.8) is 0 Å². The van der Waals surface area contributed by atoms with E-state index in [0.717, 1.165) is 11.8 Å². The van der Waals surface area contributed by atoms with Crippen LogP contribution in [0, 0.1) is 5.92 Å². The van der Waals surface area contributed by atoms with Gasteiger partial charge in [0.25, 0.3) is 5.91 Å². The van der Waals surface area contributed by atoms with Gasteiger partial charge in [-0.15, -0.1) is 0 Å². The summed E-state index contributed by atoms with van der Waals surface area (Å²) in [6, 6.07) is 12.8. The summed E-state index contributed by atoms with van der Waals surface area (Å²) >= 11 is 0.929. The van der Waals surface area contributed by atoms with E-state index < -0.39 is 17.9 Å². The number of nitrogens with two attached hydrogens (primary N) is 1. The molecule has 1 atom stereocenters. The Bertz CT molecular complexity index is 851. The first-order chi connectivity index (χ1) is 12.8. The van der Waals surface area contributed by atoms with Gasteiger partial charge in [0, 0.05) is 4.90 Å². The molecule has 142 valence electrons. The van der Waals surface area contributed by atoms with Crippen LogP contribution in [0.15, 0.2) is 53.4 Å². The van der Waals surface area contributed by atoms with Crippen LogP contribution < -0.4 is 15.8 Å². The Labute approximate surface area is 162 Å². The first-order valence-electron chi connectivity index (χ1n) is 8.39. The van der Waals surface area contributed by atoms with Gasteiger partial charge in [-0.2, -0.15) is 0 Å². The molecular formula is C20H22N2O4S. The number of benzene rings is 2. The summed E-state index contributed by atoms with van der Waals surface area (Å²) in [4.78, 5) is 37.4. The van der Waals surface area contributed by atoms with E-state index in [1.165, 1.54) is 7.11 Å². The number of carbonyl (C=O) groups is 3. The third kappa shape index (κ3) is 5.10. The van der Waals surface area contributed by atoms with Gasteiger partial charge < -0.3 is 15.8 Å². The number of carbonyl (C=O) groups excluding carboxylic acids is 3. The van der Waals surface area contributed by atoms with Crippen molar-refractivity contribution in [3.05, 3.63) is 59.7 Å². The quantitative estimate of drug-likeness (QED) is 0.713. The van der Waals surface area contributed by atoms with Gasteiger partial charge in [0.1, 0.15) is 11.8 Å². The maximum absolute atomic E-state index is 12.7. The molecule has 0 aliphatic carbocycles. The Morgan fingerprint density at radius 1 is 1.00 bits per heavy atom. The molecule has 6 nitrogen and oxygen atoms in total. The van der Waals surface area contributed by atoms with Crippen molar-refractivity contribution >= 4 is 28.7 Å². The second-order valence-electron chi connectivity index (χ2n) is 6.18. The number of ether oxygens (including phenoxy) is 1. The molecule has 0 bridgehead atoms. The van der Waals surface area contributed by atoms with E-state index in [-0.39, 0.29) is 11.0 Å². The van der Waals surface area contributed by atoms with Crippen LogP contribution in [0.25, 0.3) is 0 Å². The number of primary amides is 1. The number of nitrogens with one attached hydrogen (secondary N) is 1. The van der Waals surface area contributed by atoms with Crippen LogP contribution in [0.3, 0.4) is 0 Å². The summed E-state index contributed by atoms with van der Waals surface area (Å²) in [6.45, 7) is 3.59. The molecular weight excluding hydrogens is 364 g/mol. The second-order valence-corrected chi connectivity index (χ2v) is 7.20. The number of thioether (sulfide) groups is 1. The lowest BCUT2D eigenvalue weighted by Gasteiger charge is -2.19. The van der Waals surface area contributed by atoms with E-state index in [1.807, 2.05) is 0 Å². The van der Waals surface area contributed by atoms with Gasteiger partial charge in [0.2, 0.25) is 11.0 Å². The molecule has 2 amide bonds. The zero-order chi connectivity index (χ0) is 20.0. The summed E-state index contributed by atoms with van der Waals surface area (Å²) < 4.78 is 5.22. The molecule has 0 saturated carbocycles. The Kier molecular flexibility index (Phi) is 7.01. The monoisotopic (exact) mass is 386 g/mol. The number of amides is 2. The maximum Gasteiger partial charge on any atom is 0.253 e. The molecule has 3 N–H and O–H groups in total. The highest BCUT2D eigenvalue weighted by molar-refractivity contribution is 8.14. The third-order valence-corrected chi connectivity index (χ3v) is 4.90. The lowest BCUT2D eigenvalue weighted by molar-refractivity contribution is -0.120. The third-order valence-electron chi connectivity index (χ3n) is 3.92. The predicted octanol–water partition coefficient (Wildman–Crippen LogP) is 2.87. The lowest BCUT2D eigenvalue weighted by atomic mass is 10.0. The molecule has 7 heteroatoms. The van der Waals surface area contributed by atoms with Crippen molar-refractivity contribution < 1.29 is 19.1 Å². The van der Waals surface area contributed by atoms with Crippen molar-refractivity contribution in [2.45, 2.75) is 24.8 Å². The number of hydrogen-bond acceptors (Lipinski definition) is 5. The normalized spacial score (nSPS) is 11.7. The van der Waals surface area contributed by atoms with Crippen LogP contribution in [0.4, 0.5) is 0 Å². The van der Waals surface area contributed by atoms with Gasteiger partial charge in [0.05, 0.1) is 18.2 Å². The van der Waals surface area contributed by atoms with E-state index in [1.54, 1.807) is 62.4 Å². The van der Waals surface area contributed by atoms with Gasteiger partial charge in [-0.25, -0.2) is 0 Å². The molecule has 1 unspecified atom stereocenters. The molecule has 2 aromatic rings. The maximum atomic E-state index is 12.7. The zero-order valence-electron chi connectivity index (χ0n) is 15.4. The summed E-state index contributed by atoms with van der Waals surface area (Å²) in [7, 11) is 1.49. The summed E-state index contributed by atoms with van der Waals surface area (Å²) in [6.07, 6.45) is 0. The van der Waals surface area contributed by atoms with E-state index >= 15 is 0 Å². The Morgan fingerprint density at radius 3 is 2.19 bits per heavy atom. The van der Waals surface area contributed by atoms with Crippen LogP contribution >= 0.6 is 11.8 Å². The van der Waals surface area contributed by atoms with Crippen molar-refractivity contribution in [1.29, 1.82) is 0 Å². The molecule has 0 spiro atoms. The molecule has 2 rings (SSSR count). The minimum atomic E-state index is -0.791. The van der Waals surface area contributed by atoms with Gasteiger partial charge in [-0.1, -0.05) is 38.1 Å². The number of rotatable bonds is 7. The molecule has 0 aliphatic heterocycles. The predicted molar refractivity (Wildman–Crippen MR) is 105 cm³/mol. The van der Waals surface area contributed by atoms with Crippen LogP contribution in [0.1, 0.15) is 34.6 Å². The van der Waals surface area contributed by atoms with Crippen LogP contribution in [-0.4, -0.2) is 30.1 Å². The highest BCUT2D eigenvalue weighted by Crippen LogP contribution is 2.30. The van der Waals surface area contributed by atoms with E-state index in [9.17, 15) is 14.4 Å². The van der Waals surface area contributed by atoms with Crippen LogP contribution in [-0.2, 0) is 4.79 Å². The number of methoxy groups -OCH3 is 1. The molecule has 0 aliphatic rings. The molecule has 0 radical (unpaired) electrons. The fourth-order valence-electron chi connectivity index (χ4n) is 2.50. The average molecular weight is 386 g/mol. The minimum Gasteiger partial charge on any atom is -0.496 e. The van der Waals surface area contributed by atoms with E-state index in [4.69, 9.17) is 10.5 Å². The fraction of sp³-hybridized carbons (Fsp3) is 0.250. The van der Waals surface area contributed by atoms with Crippen molar-refractivity contribution in [1.82, 2.24) is 5.32 Å². The first-order valence-corrected chi connectivity index (χ1v) is 9.21. The van der Waals surface area contributed by atoms with E-state index in [2.05, 4.69) is 5.32 Å². The molecule has 27 heavy (non-hydrogen) atoms. The molecule has 0 fully saturated rings.